The lowest BCUT2D eigenvalue weighted by atomic mass is 10.2. The number of thiazole rings is 1. The summed E-state index contributed by atoms with van der Waals surface area (Å²) in [6, 6.07) is 14.5. The number of aromatic nitrogens is 1. The predicted octanol–water partition coefficient (Wildman–Crippen LogP) is 4.94. The molecule has 3 aromatic rings. The van der Waals surface area contributed by atoms with E-state index in [0.717, 1.165) is 15.0 Å². The number of hydrogen-bond acceptors (Lipinski definition) is 4. The first-order valence-electron chi connectivity index (χ1n) is 7.95. The summed E-state index contributed by atoms with van der Waals surface area (Å²) < 4.78 is 0.777. The van der Waals surface area contributed by atoms with E-state index in [-0.39, 0.29) is 18.4 Å². The Morgan fingerprint density at radius 3 is 2.59 bits per heavy atom. The number of anilines is 1. The summed E-state index contributed by atoms with van der Waals surface area (Å²) in [7, 11) is 1.57. The van der Waals surface area contributed by atoms with E-state index in [1.807, 2.05) is 30.3 Å². The van der Waals surface area contributed by atoms with Crippen molar-refractivity contribution in [1.29, 1.82) is 0 Å². The molecule has 0 saturated carbocycles. The van der Waals surface area contributed by atoms with Gasteiger partial charge in [0.05, 0.1) is 12.2 Å². The van der Waals surface area contributed by atoms with Crippen LogP contribution in [0.25, 0.3) is 10.6 Å². The average molecular weight is 465 g/mol. The van der Waals surface area contributed by atoms with E-state index in [1.54, 1.807) is 30.6 Å². The van der Waals surface area contributed by atoms with Crippen LogP contribution in [0.4, 0.5) is 5.69 Å². The van der Waals surface area contributed by atoms with Gasteiger partial charge in [-0.25, -0.2) is 4.98 Å². The number of nitrogens with zero attached hydrogens (tertiary/aromatic N) is 2. The Bertz CT molecular complexity index is 975. The fourth-order valence-electron chi connectivity index (χ4n) is 2.33. The number of likely N-dealkylation sites (N-methyl/N-ethyl adjacent to an activating group) is 1. The van der Waals surface area contributed by atoms with Crippen LogP contribution < -0.4 is 5.32 Å². The van der Waals surface area contributed by atoms with E-state index in [1.165, 1.54) is 16.2 Å². The molecule has 0 bridgehead atoms. The number of halogens is 2. The Kier molecular flexibility index (Phi) is 6.26. The zero-order chi connectivity index (χ0) is 19.4. The molecule has 2 amide bonds. The van der Waals surface area contributed by atoms with E-state index in [2.05, 4.69) is 26.2 Å². The average Bonchev–Trinajstić information content (AvgIpc) is 3.13. The smallest absolute Gasteiger partial charge is 0.273 e. The van der Waals surface area contributed by atoms with Crippen molar-refractivity contribution in [3.05, 3.63) is 69.1 Å². The fourth-order valence-corrected chi connectivity index (χ4v) is 3.64. The predicted molar refractivity (Wildman–Crippen MR) is 112 cm³/mol. The second kappa shape index (κ2) is 8.65. The summed E-state index contributed by atoms with van der Waals surface area (Å²) in [5.41, 5.74) is 1.85. The second-order valence-electron chi connectivity index (χ2n) is 5.73. The Hall–Kier alpha value is -2.22. The van der Waals surface area contributed by atoms with Crippen molar-refractivity contribution >= 4 is 56.4 Å². The molecule has 5 nitrogen and oxygen atoms in total. The lowest BCUT2D eigenvalue weighted by Gasteiger charge is -2.16. The SMILES string of the molecule is CN(CC(=O)Nc1ccccc1Br)C(=O)c1csc(-c2ccc(Cl)cc2)n1. The van der Waals surface area contributed by atoms with E-state index < -0.39 is 0 Å². The third-order valence-corrected chi connectivity index (χ3v) is 5.52. The summed E-state index contributed by atoms with van der Waals surface area (Å²) in [4.78, 5) is 30.5. The van der Waals surface area contributed by atoms with Crippen molar-refractivity contribution in [1.82, 2.24) is 9.88 Å². The van der Waals surface area contributed by atoms with E-state index >= 15 is 0 Å². The lowest BCUT2D eigenvalue weighted by Crippen LogP contribution is -2.35. The van der Waals surface area contributed by atoms with Crippen LogP contribution in [0.15, 0.2) is 58.4 Å². The highest BCUT2D eigenvalue weighted by Gasteiger charge is 2.18. The summed E-state index contributed by atoms with van der Waals surface area (Å²) in [5, 5.41) is 5.83. The number of para-hydroxylation sites is 1. The van der Waals surface area contributed by atoms with Gasteiger partial charge in [0.15, 0.2) is 0 Å². The molecular formula is C19H15BrClN3O2S. The number of hydrogen-bond donors (Lipinski definition) is 1. The molecular weight excluding hydrogens is 450 g/mol. The van der Waals surface area contributed by atoms with Crippen molar-refractivity contribution in [3.63, 3.8) is 0 Å². The van der Waals surface area contributed by atoms with Crippen LogP contribution in [0.5, 0.6) is 0 Å². The maximum atomic E-state index is 12.6. The molecule has 0 saturated heterocycles. The second-order valence-corrected chi connectivity index (χ2v) is 7.88. The number of rotatable bonds is 5. The number of carbonyl (C=O) groups is 2. The van der Waals surface area contributed by atoms with Crippen molar-refractivity contribution in [3.8, 4) is 10.6 Å². The van der Waals surface area contributed by atoms with Gasteiger partial charge in [0.2, 0.25) is 5.91 Å². The Balaban J connectivity index is 1.64. The zero-order valence-electron chi connectivity index (χ0n) is 14.3. The first kappa shape index (κ1) is 19.5. The largest absolute Gasteiger partial charge is 0.331 e. The molecule has 1 N–H and O–H groups in total. The van der Waals surface area contributed by atoms with E-state index in [0.29, 0.717) is 16.4 Å². The van der Waals surface area contributed by atoms with Crippen molar-refractivity contribution in [2.75, 3.05) is 18.9 Å². The summed E-state index contributed by atoms with van der Waals surface area (Å²) in [6.45, 7) is -0.0754. The minimum atomic E-state index is -0.311. The van der Waals surface area contributed by atoms with Crippen LogP contribution in [0.2, 0.25) is 5.02 Å². The fraction of sp³-hybridized carbons (Fsp3) is 0.105. The van der Waals surface area contributed by atoms with E-state index in [9.17, 15) is 9.59 Å². The van der Waals surface area contributed by atoms with Crippen molar-refractivity contribution in [2.24, 2.45) is 0 Å². The molecule has 8 heteroatoms. The normalized spacial score (nSPS) is 10.5. The van der Waals surface area contributed by atoms with Gasteiger partial charge in [-0.2, -0.15) is 0 Å². The highest BCUT2D eigenvalue weighted by atomic mass is 79.9. The minimum Gasteiger partial charge on any atom is -0.331 e. The Morgan fingerprint density at radius 1 is 1.19 bits per heavy atom. The monoisotopic (exact) mass is 463 g/mol. The topological polar surface area (TPSA) is 62.3 Å². The summed E-state index contributed by atoms with van der Waals surface area (Å²) in [5.74, 6) is -0.598. The molecule has 2 aromatic carbocycles. The lowest BCUT2D eigenvalue weighted by molar-refractivity contribution is -0.116. The Labute approximate surface area is 174 Å². The van der Waals surface area contributed by atoms with Crippen LogP contribution in [-0.4, -0.2) is 35.3 Å². The number of carbonyl (C=O) groups excluding carboxylic acids is 2. The standard InChI is InChI=1S/C19H15BrClN3O2S/c1-24(10-17(25)22-15-5-3-2-4-14(15)20)19(26)16-11-27-18(23-16)12-6-8-13(21)9-7-12/h2-9,11H,10H2,1H3,(H,22,25). The maximum absolute atomic E-state index is 12.6. The number of benzene rings is 2. The van der Waals surface area contributed by atoms with Gasteiger partial charge in [-0.1, -0.05) is 35.9 Å². The highest BCUT2D eigenvalue weighted by molar-refractivity contribution is 9.10. The van der Waals surface area contributed by atoms with Crippen molar-refractivity contribution in [2.45, 2.75) is 0 Å². The molecule has 27 heavy (non-hydrogen) atoms. The molecule has 138 valence electrons. The third-order valence-electron chi connectivity index (χ3n) is 3.69. The minimum absolute atomic E-state index is 0.0754. The Morgan fingerprint density at radius 2 is 1.89 bits per heavy atom. The molecule has 0 aliphatic rings. The van der Waals surface area contributed by atoms with Crippen LogP contribution in [-0.2, 0) is 4.79 Å². The van der Waals surface area contributed by atoms with Crippen LogP contribution >= 0.6 is 38.9 Å². The number of amides is 2. The van der Waals surface area contributed by atoms with Crippen LogP contribution in [0.3, 0.4) is 0 Å². The van der Waals surface area contributed by atoms with Gasteiger partial charge in [0.25, 0.3) is 5.91 Å². The molecule has 0 fully saturated rings. The molecule has 1 heterocycles. The molecule has 0 aliphatic carbocycles. The van der Waals surface area contributed by atoms with Gasteiger partial charge in [-0.3, -0.25) is 9.59 Å². The molecule has 0 spiro atoms. The van der Waals surface area contributed by atoms with Gasteiger partial charge in [-0.15, -0.1) is 11.3 Å². The van der Waals surface area contributed by atoms with Gasteiger partial charge < -0.3 is 10.2 Å². The van der Waals surface area contributed by atoms with Gasteiger partial charge >= 0.3 is 0 Å². The number of nitrogens with one attached hydrogen (secondary N) is 1. The molecule has 0 radical (unpaired) electrons. The zero-order valence-corrected chi connectivity index (χ0v) is 17.4. The highest BCUT2D eigenvalue weighted by Crippen LogP contribution is 2.25. The maximum Gasteiger partial charge on any atom is 0.273 e. The quantitative estimate of drug-likeness (QED) is 0.582. The molecule has 0 unspecified atom stereocenters. The van der Waals surface area contributed by atoms with Crippen LogP contribution in [0, 0.1) is 0 Å². The van der Waals surface area contributed by atoms with Gasteiger partial charge in [0, 0.05) is 27.5 Å². The first-order valence-corrected chi connectivity index (χ1v) is 10.0. The van der Waals surface area contributed by atoms with Crippen LogP contribution in [0.1, 0.15) is 10.5 Å². The molecule has 0 atom stereocenters. The molecule has 0 aliphatic heterocycles. The molecule has 1 aromatic heterocycles. The van der Waals surface area contributed by atoms with E-state index in [4.69, 9.17) is 11.6 Å². The van der Waals surface area contributed by atoms with Crippen molar-refractivity contribution < 1.29 is 9.59 Å². The first-order chi connectivity index (χ1) is 12.9. The molecule has 3 rings (SSSR count). The summed E-state index contributed by atoms with van der Waals surface area (Å²) >= 11 is 10.6. The van der Waals surface area contributed by atoms with Gasteiger partial charge in [0.1, 0.15) is 10.7 Å². The summed E-state index contributed by atoms with van der Waals surface area (Å²) in [6.07, 6.45) is 0. The third kappa shape index (κ3) is 4.94. The van der Waals surface area contributed by atoms with Gasteiger partial charge in [-0.05, 0) is 40.2 Å².